The number of hydrogen-bond donors (Lipinski definition) is 0. The van der Waals surface area contributed by atoms with Gasteiger partial charge < -0.3 is 14.2 Å². The highest BCUT2D eigenvalue weighted by Gasteiger charge is 2.65. The third kappa shape index (κ3) is 2.33. The first-order valence-corrected chi connectivity index (χ1v) is 9.37. The Balaban J connectivity index is 1.65. The quantitative estimate of drug-likeness (QED) is 0.588. The molecule has 1 fully saturated rings. The molecule has 29 heavy (non-hydrogen) atoms. The molecule has 2 aromatic carbocycles. The van der Waals surface area contributed by atoms with Gasteiger partial charge in [0.05, 0.1) is 25.1 Å². The van der Waals surface area contributed by atoms with Crippen LogP contribution in [0.25, 0.3) is 0 Å². The van der Waals surface area contributed by atoms with Crippen molar-refractivity contribution in [2.45, 2.75) is 24.5 Å². The minimum Gasteiger partial charge on any atom is -0.467 e. The number of benzene rings is 2. The molecule has 0 spiro atoms. The molecule has 3 atom stereocenters. The molecule has 3 aliphatic heterocycles. The molecule has 0 radical (unpaired) electrons. The molecule has 2 aromatic rings. The van der Waals surface area contributed by atoms with Crippen molar-refractivity contribution >= 4 is 11.8 Å². The van der Waals surface area contributed by atoms with E-state index in [1.807, 2.05) is 35.2 Å². The standard InChI is InChI=1S/C22H18N2O5/c1-27-21(26)22-9-14(10-23)19(15-4-2-3-5-16(15)20(22)25)24(22)11-13-6-7-17-18(8-13)29-12-28-17/h2-8,14,19H,9,11-12H2,1H3/t14-,19-,22+/m1/s1. The Kier molecular flexibility index (Phi) is 3.86. The number of esters is 1. The SMILES string of the molecule is COC(=O)[C@]12C[C@H](C#N)[C@H](c3ccccc3C1=O)N2Cc1ccc2c(c1)OCO2. The van der Waals surface area contributed by atoms with Gasteiger partial charge in [0.25, 0.3) is 0 Å². The fourth-order valence-electron chi connectivity index (χ4n) is 4.84. The van der Waals surface area contributed by atoms with Crippen molar-refractivity contribution < 1.29 is 23.8 Å². The number of carbonyl (C=O) groups is 2. The van der Waals surface area contributed by atoms with Crippen LogP contribution in [0.1, 0.15) is 33.9 Å². The van der Waals surface area contributed by atoms with Gasteiger partial charge in [0, 0.05) is 18.5 Å². The summed E-state index contributed by atoms with van der Waals surface area (Å²) in [6, 6.07) is 14.7. The zero-order chi connectivity index (χ0) is 20.2. The predicted molar refractivity (Wildman–Crippen MR) is 100 cm³/mol. The minimum absolute atomic E-state index is 0.110. The van der Waals surface area contributed by atoms with E-state index in [1.165, 1.54) is 7.11 Å². The molecule has 0 unspecified atom stereocenters. The van der Waals surface area contributed by atoms with Gasteiger partial charge in [-0.25, -0.2) is 4.79 Å². The molecule has 0 aromatic heterocycles. The highest BCUT2D eigenvalue weighted by Crippen LogP contribution is 2.54. The van der Waals surface area contributed by atoms with E-state index < -0.39 is 17.4 Å². The Morgan fingerprint density at radius 3 is 2.86 bits per heavy atom. The second kappa shape index (κ2) is 6.33. The van der Waals surface area contributed by atoms with Crippen molar-refractivity contribution in [3.05, 3.63) is 59.2 Å². The molecule has 3 aliphatic rings. The van der Waals surface area contributed by atoms with Crippen LogP contribution in [0.4, 0.5) is 0 Å². The molecule has 0 saturated carbocycles. The lowest BCUT2D eigenvalue weighted by atomic mass is 9.82. The monoisotopic (exact) mass is 390 g/mol. The summed E-state index contributed by atoms with van der Waals surface area (Å²) in [5, 5.41) is 9.83. The number of ether oxygens (including phenoxy) is 3. The fourth-order valence-corrected chi connectivity index (χ4v) is 4.84. The van der Waals surface area contributed by atoms with E-state index in [9.17, 15) is 14.9 Å². The zero-order valence-electron chi connectivity index (χ0n) is 15.8. The van der Waals surface area contributed by atoms with E-state index in [0.717, 1.165) is 11.1 Å². The summed E-state index contributed by atoms with van der Waals surface area (Å²) in [4.78, 5) is 28.4. The van der Waals surface area contributed by atoms with Crippen molar-refractivity contribution in [1.82, 2.24) is 4.90 Å². The summed E-state index contributed by atoms with van der Waals surface area (Å²) in [5.41, 5.74) is 0.618. The Morgan fingerprint density at radius 2 is 2.07 bits per heavy atom. The Morgan fingerprint density at radius 1 is 1.28 bits per heavy atom. The van der Waals surface area contributed by atoms with Gasteiger partial charge in [-0.1, -0.05) is 30.3 Å². The summed E-state index contributed by atoms with van der Waals surface area (Å²) in [5.74, 6) is -0.150. The van der Waals surface area contributed by atoms with Gasteiger partial charge in [-0.15, -0.1) is 0 Å². The van der Waals surface area contributed by atoms with Crippen LogP contribution in [0, 0.1) is 17.2 Å². The molecule has 0 N–H and O–H groups in total. The highest BCUT2D eigenvalue weighted by molar-refractivity contribution is 6.18. The number of nitrogens with zero attached hydrogens (tertiary/aromatic N) is 2. The van der Waals surface area contributed by atoms with Gasteiger partial charge in [-0.05, 0) is 23.3 Å². The first-order chi connectivity index (χ1) is 14.1. The number of carbonyl (C=O) groups excluding carboxylic acids is 2. The average Bonchev–Trinajstić information content (AvgIpc) is 3.32. The number of methoxy groups -OCH3 is 1. The van der Waals surface area contributed by atoms with E-state index in [1.54, 1.807) is 12.1 Å². The van der Waals surface area contributed by atoms with E-state index in [2.05, 4.69) is 6.07 Å². The molecule has 1 saturated heterocycles. The fraction of sp³-hybridized carbons (Fsp3) is 0.318. The van der Waals surface area contributed by atoms with Crippen LogP contribution in [0.5, 0.6) is 11.5 Å². The van der Waals surface area contributed by atoms with Crippen molar-refractivity contribution in [1.29, 1.82) is 5.26 Å². The van der Waals surface area contributed by atoms with Gasteiger partial charge in [0.15, 0.2) is 22.8 Å². The second-order valence-corrected chi connectivity index (χ2v) is 7.47. The molecule has 0 aliphatic carbocycles. The number of hydrogen-bond acceptors (Lipinski definition) is 7. The summed E-state index contributed by atoms with van der Waals surface area (Å²) in [6.45, 7) is 0.467. The maximum absolute atomic E-state index is 13.5. The number of nitriles is 1. The molecule has 0 amide bonds. The lowest BCUT2D eigenvalue weighted by Crippen LogP contribution is -2.59. The molecule has 5 rings (SSSR count). The van der Waals surface area contributed by atoms with Crippen molar-refractivity contribution in [3.8, 4) is 17.6 Å². The highest BCUT2D eigenvalue weighted by atomic mass is 16.7. The van der Waals surface area contributed by atoms with Crippen molar-refractivity contribution in [2.75, 3.05) is 13.9 Å². The smallest absolute Gasteiger partial charge is 0.334 e. The molecular weight excluding hydrogens is 372 g/mol. The molecular formula is C22H18N2O5. The van der Waals surface area contributed by atoms with Crippen LogP contribution < -0.4 is 9.47 Å². The third-order valence-corrected chi connectivity index (χ3v) is 6.10. The summed E-state index contributed by atoms with van der Waals surface area (Å²) >= 11 is 0. The van der Waals surface area contributed by atoms with E-state index in [0.29, 0.717) is 23.6 Å². The number of rotatable bonds is 3. The van der Waals surface area contributed by atoms with Crippen molar-refractivity contribution in [2.24, 2.45) is 5.92 Å². The largest absolute Gasteiger partial charge is 0.467 e. The predicted octanol–water partition coefficient (Wildman–Crippen LogP) is 2.61. The summed E-state index contributed by atoms with van der Waals surface area (Å²) in [6.07, 6.45) is 0.110. The average molecular weight is 390 g/mol. The van der Waals surface area contributed by atoms with Gasteiger partial charge in [0.2, 0.25) is 6.79 Å². The first-order valence-electron chi connectivity index (χ1n) is 9.37. The van der Waals surface area contributed by atoms with Gasteiger partial charge in [-0.2, -0.15) is 5.26 Å². The second-order valence-electron chi connectivity index (χ2n) is 7.47. The number of Topliss-reactive ketones (excluding diaryl/α,β-unsaturated/α-hetero) is 1. The Bertz CT molecular complexity index is 1080. The molecule has 2 bridgehead atoms. The minimum atomic E-state index is -1.51. The van der Waals surface area contributed by atoms with Crippen LogP contribution in [0.15, 0.2) is 42.5 Å². The van der Waals surface area contributed by atoms with Crippen LogP contribution >= 0.6 is 0 Å². The maximum Gasteiger partial charge on any atom is 0.334 e. The maximum atomic E-state index is 13.5. The summed E-state index contributed by atoms with van der Waals surface area (Å²) < 4.78 is 15.9. The molecule has 7 heteroatoms. The van der Waals surface area contributed by atoms with E-state index in [-0.39, 0.29) is 25.0 Å². The number of ketones is 1. The molecule has 3 heterocycles. The van der Waals surface area contributed by atoms with E-state index >= 15 is 0 Å². The normalized spacial score (nSPS) is 26.7. The van der Waals surface area contributed by atoms with Crippen LogP contribution in [0.2, 0.25) is 0 Å². The Labute approximate surface area is 167 Å². The Hall–Kier alpha value is -3.37. The van der Waals surface area contributed by atoms with Crippen LogP contribution in [-0.2, 0) is 16.1 Å². The molecule has 7 nitrogen and oxygen atoms in total. The van der Waals surface area contributed by atoms with Crippen molar-refractivity contribution in [3.63, 3.8) is 0 Å². The van der Waals surface area contributed by atoms with Crippen LogP contribution in [-0.4, -0.2) is 36.1 Å². The first kappa shape index (κ1) is 17.7. The summed E-state index contributed by atoms with van der Waals surface area (Å²) in [7, 11) is 1.28. The van der Waals surface area contributed by atoms with Gasteiger partial charge in [0.1, 0.15) is 0 Å². The lowest BCUT2D eigenvalue weighted by molar-refractivity contribution is -0.151. The lowest BCUT2D eigenvalue weighted by Gasteiger charge is -2.42. The molecule has 146 valence electrons. The van der Waals surface area contributed by atoms with Gasteiger partial charge in [-0.3, -0.25) is 9.69 Å². The van der Waals surface area contributed by atoms with Crippen LogP contribution in [0.3, 0.4) is 0 Å². The van der Waals surface area contributed by atoms with E-state index in [4.69, 9.17) is 14.2 Å². The zero-order valence-corrected chi connectivity index (χ0v) is 15.8. The number of fused-ring (bicyclic) bond motifs is 5. The third-order valence-electron chi connectivity index (χ3n) is 6.10. The topological polar surface area (TPSA) is 88.9 Å². The van der Waals surface area contributed by atoms with Gasteiger partial charge >= 0.3 is 5.97 Å².